The number of anilines is 2. The summed E-state index contributed by atoms with van der Waals surface area (Å²) in [4.78, 5) is 24.1. The maximum absolute atomic E-state index is 12.4. The molecule has 0 saturated carbocycles. The molecule has 0 bridgehead atoms. The van der Waals surface area contributed by atoms with Crippen LogP contribution in [0.1, 0.15) is 31.9 Å². The lowest BCUT2D eigenvalue weighted by atomic mass is 10.1. The highest BCUT2D eigenvalue weighted by atomic mass is 16.5. The van der Waals surface area contributed by atoms with Gasteiger partial charge in [0.05, 0.1) is 0 Å². The molecule has 138 valence electrons. The molecule has 0 saturated heterocycles. The van der Waals surface area contributed by atoms with Gasteiger partial charge in [-0.3, -0.25) is 9.59 Å². The Morgan fingerprint density at radius 1 is 0.846 bits per heavy atom. The number of carbonyl (C=O) groups excluding carboxylic acids is 2. The fraction of sp³-hybridized carbons (Fsp3) is 0.333. The zero-order valence-corrected chi connectivity index (χ0v) is 15.9. The van der Waals surface area contributed by atoms with Crippen molar-refractivity contribution in [2.45, 2.75) is 40.7 Å². The van der Waals surface area contributed by atoms with Gasteiger partial charge in [-0.05, 0) is 62.2 Å². The number of carbonyl (C=O) groups is 2. The minimum atomic E-state index is -0.629. The average molecular weight is 354 g/mol. The summed E-state index contributed by atoms with van der Waals surface area (Å²) < 4.78 is 5.79. The van der Waals surface area contributed by atoms with Crippen molar-refractivity contribution >= 4 is 23.2 Å². The first-order chi connectivity index (χ1) is 12.3. The zero-order valence-electron chi connectivity index (χ0n) is 15.9. The minimum Gasteiger partial charge on any atom is -0.481 e. The molecule has 2 amide bonds. The van der Waals surface area contributed by atoms with Crippen LogP contribution in [0, 0.1) is 19.8 Å². The van der Waals surface area contributed by atoms with Crippen LogP contribution in [0.4, 0.5) is 11.4 Å². The molecule has 0 aliphatic carbocycles. The van der Waals surface area contributed by atoms with Crippen LogP contribution in [-0.2, 0) is 9.59 Å². The van der Waals surface area contributed by atoms with E-state index in [2.05, 4.69) is 10.6 Å². The molecule has 2 N–H and O–H groups in total. The van der Waals surface area contributed by atoms with E-state index in [4.69, 9.17) is 4.74 Å². The highest BCUT2D eigenvalue weighted by Crippen LogP contribution is 2.21. The third-order valence-electron chi connectivity index (χ3n) is 3.96. The Balaban J connectivity index is 1.96. The van der Waals surface area contributed by atoms with Crippen molar-refractivity contribution in [1.82, 2.24) is 0 Å². The van der Waals surface area contributed by atoms with Gasteiger partial charge in [0, 0.05) is 17.3 Å². The molecule has 5 heteroatoms. The Labute approximate surface area is 154 Å². The molecule has 0 heterocycles. The van der Waals surface area contributed by atoms with E-state index >= 15 is 0 Å². The Hall–Kier alpha value is -2.82. The van der Waals surface area contributed by atoms with Gasteiger partial charge in [-0.1, -0.05) is 26.0 Å². The van der Waals surface area contributed by atoms with Gasteiger partial charge >= 0.3 is 0 Å². The summed E-state index contributed by atoms with van der Waals surface area (Å²) in [5.74, 6) is 0.346. The molecule has 5 nitrogen and oxygen atoms in total. The lowest BCUT2D eigenvalue weighted by Gasteiger charge is -2.17. The van der Waals surface area contributed by atoms with Gasteiger partial charge in [-0.2, -0.15) is 0 Å². The van der Waals surface area contributed by atoms with E-state index in [0.717, 1.165) is 11.1 Å². The van der Waals surface area contributed by atoms with E-state index in [1.165, 1.54) is 0 Å². The van der Waals surface area contributed by atoms with E-state index < -0.39 is 6.10 Å². The van der Waals surface area contributed by atoms with Crippen molar-refractivity contribution in [1.29, 1.82) is 0 Å². The standard InChI is InChI=1S/C21H26N2O3/c1-13(2)20(24)22-17-8-10-18(11-9-17)23-21(25)16(5)26-19-12-14(3)6-7-15(19)4/h6-13,16H,1-5H3,(H,22,24)(H,23,25). The lowest BCUT2D eigenvalue weighted by molar-refractivity contribution is -0.122. The number of ether oxygens (including phenoxy) is 1. The number of hydrogen-bond donors (Lipinski definition) is 2. The lowest BCUT2D eigenvalue weighted by Crippen LogP contribution is -2.30. The molecule has 0 radical (unpaired) electrons. The van der Waals surface area contributed by atoms with Crippen LogP contribution in [0.2, 0.25) is 0 Å². The van der Waals surface area contributed by atoms with E-state index in [0.29, 0.717) is 17.1 Å². The van der Waals surface area contributed by atoms with Crippen molar-refractivity contribution < 1.29 is 14.3 Å². The molecular weight excluding hydrogens is 328 g/mol. The van der Waals surface area contributed by atoms with E-state index in [1.807, 2.05) is 45.9 Å². The number of rotatable bonds is 6. The second-order valence-corrected chi connectivity index (χ2v) is 6.74. The number of amides is 2. The summed E-state index contributed by atoms with van der Waals surface area (Å²) in [7, 11) is 0. The quantitative estimate of drug-likeness (QED) is 0.812. The Morgan fingerprint density at radius 2 is 1.38 bits per heavy atom. The third-order valence-corrected chi connectivity index (χ3v) is 3.96. The highest BCUT2D eigenvalue weighted by Gasteiger charge is 2.16. The fourth-order valence-corrected chi connectivity index (χ4v) is 2.25. The van der Waals surface area contributed by atoms with E-state index in [-0.39, 0.29) is 17.7 Å². The molecule has 0 spiro atoms. The van der Waals surface area contributed by atoms with Crippen LogP contribution < -0.4 is 15.4 Å². The molecule has 26 heavy (non-hydrogen) atoms. The van der Waals surface area contributed by atoms with Crippen LogP contribution in [0.25, 0.3) is 0 Å². The summed E-state index contributed by atoms with van der Waals surface area (Å²) in [6.07, 6.45) is -0.629. The van der Waals surface area contributed by atoms with Crippen molar-refractivity contribution in [3.63, 3.8) is 0 Å². The maximum atomic E-state index is 12.4. The van der Waals surface area contributed by atoms with Crippen molar-refractivity contribution in [3.8, 4) is 5.75 Å². The second-order valence-electron chi connectivity index (χ2n) is 6.74. The van der Waals surface area contributed by atoms with Crippen LogP contribution in [0.5, 0.6) is 5.75 Å². The van der Waals surface area contributed by atoms with Crippen LogP contribution in [-0.4, -0.2) is 17.9 Å². The SMILES string of the molecule is Cc1ccc(C)c(OC(C)C(=O)Nc2ccc(NC(=O)C(C)C)cc2)c1. The van der Waals surface area contributed by atoms with Gasteiger partial charge in [-0.15, -0.1) is 0 Å². The van der Waals surface area contributed by atoms with Gasteiger partial charge in [0.2, 0.25) is 5.91 Å². The van der Waals surface area contributed by atoms with Crippen molar-refractivity contribution in [3.05, 3.63) is 53.6 Å². The molecule has 2 aromatic carbocycles. The van der Waals surface area contributed by atoms with Crippen LogP contribution in [0.3, 0.4) is 0 Å². The number of benzene rings is 2. The largest absolute Gasteiger partial charge is 0.481 e. The number of hydrogen-bond acceptors (Lipinski definition) is 3. The molecule has 0 aliphatic heterocycles. The highest BCUT2D eigenvalue weighted by molar-refractivity contribution is 5.95. The smallest absolute Gasteiger partial charge is 0.265 e. The summed E-state index contributed by atoms with van der Waals surface area (Å²) in [6.45, 7) is 9.32. The van der Waals surface area contributed by atoms with Gasteiger partial charge in [0.1, 0.15) is 5.75 Å². The van der Waals surface area contributed by atoms with E-state index in [1.54, 1.807) is 31.2 Å². The van der Waals surface area contributed by atoms with Crippen molar-refractivity contribution in [2.24, 2.45) is 5.92 Å². The first-order valence-electron chi connectivity index (χ1n) is 8.72. The molecule has 2 aromatic rings. The summed E-state index contributed by atoms with van der Waals surface area (Å²) in [6, 6.07) is 12.9. The molecule has 0 aromatic heterocycles. The fourth-order valence-electron chi connectivity index (χ4n) is 2.25. The van der Waals surface area contributed by atoms with Crippen molar-refractivity contribution in [2.75, 3.05) is 10.6 Å². The maximum Gasteiger partial charge on any atom is 0.265 e. The third kappa shape index (κ3) is 5.34. The van der Waals surface area contributed by atoms with Gasteiger partial charge in [-0.25, -0.2) is 0 Å². The van der Waals surface area contributed by atoms with Gasteiger partial charge in [0.15, 0.2) is 6.10 Å². The van der Waals surface area contributed by atoms with Crippen LogP contribution >= 0.6 is 0 Å². The molecule has 0 aliphatic rings. The second kappa shape index (κ2) is 8.52. The Kier molecular flexibility index (Phi) is 6.39. The minimum absolute atomic E-state index is 0.0441. The predicted molar refractivity (Wildman–Crippen MR) is 105 cm³/mol. The topological polar surface area (TPSA) is 67.4 Å². The molecule has 0 fully saturated rings. The van der Waals surface area contributed by atoms with Gasteiger partial charge in [0.25, 0.3) is 5.91 Å². The Bertz CT molecular complexity index is 782. The van der Waals surface area contributed by atoms with Gasteiger partial charge < -0.3 is 15.4 Å². The zero-order chi connectivity index (χ0) is 19.3. The monoisotopic (exact) mass is 354 g/mol. The Morgan fingerprint density at radius 3 is 1.92 bits per heavy atom. The normalized spacial score (nSPS) is 11.8. The first-order valence-corrected chi connectivity index (χ1v) is 8.72. The predicted octanol–water partition coefficient (Wildman–Crippen LogP) is 4.30. The first kappa shape index (κ1) is 19.5. The summed E-state index contributed by atoms with van der Waals surface area (Å²) >= 11 is 0. The molecule has 1 unspecified atom stereocenters. The van der Waals surface area contributed by atoms with E-state index in [9.17, 15) is 9.59 Å². The number of nitrogens with one attached hydrogen (secondary N) is 2. The molecule has 1 atom stereocenters. The summed E-state index contributed by atoms with van der Waals surface area (Å²) in [5.41, 5.74) is 3.41. The average Bonchev–Trinajstić information content (AvgIpc) is 2.59. The molecular formula is C21H26N2O3. The summed E-state index contributed by atoms with van der Waals surface area (Å²) in [5, 5.41) is 5.64. The van der Waals surface area contributed by atoms with Crippen LogP contribution in [0.15, 0.2) is 42.5 Å². The number of aryl methyl sites for hydroxylation is 2. The molecule has 2 rings (SSSR count).